The first kappa shape index (κ1) is 16.5. The highest BCUT2D eigenvalue weighted by atomic mass is 32.2. The van der Waals surface area contributed by atoms with Crippen molar-refractivity contribution in [2.45, 2.75) is 19.3 Å². The van der Waals surface area contributed by atoms with Crippen LogP contribution in [-0.2, 0) is 14.8 Å². The molecule has 0 bridgehead atoms. The molecule has 0 spiro atoms. The monoisotopic (exact) mass is 344 g/mol. The van der Waals surface area contributed by atoms with Crippen molar-refractivity contribution in [3.05, 3.63) is 59.7 Å². The van der Waals surface area contributed by atoms with Gasteiger partial charge in [-0.1, -0.05) is 30.3 Å². The number of sulfonamides is 1. The molecule has 5 nitrogen and oxygen atoms in total. The molecule has 1 saturated carbocycles. The first-order valence-electron chi connectivity index (χ1n) is 7.78. The summed E-state index contributed by atoms with van der Waals surface area (Å²) in [6, 6.07) is 14.8. The maximum atomic E-state index is 12.4. The van der Waals surface area contributed by atoms with E-state index in [1.165, 1.54) is 11.1 Å². The van der Waals surface area contributed by atoms with Gasteiger partial charge in [-0.2, -0.15) is 0 Å². The largest absolute Gasteiger partial charge is 0.326 e. The molecule has 1 aliphatic carbocycles. The summed E-state index contributed by atoms with van der Waals surface area (Å²) in [7, 11) is -3.34. The lowest BCUT2D eigenvalue weighted by Crippen LogP contribution is -2.15. The Bertz CT molecular complexity index is 877. The van der Waals surface area contributed by atoms with Gasteiger partial charge in [-0.25, -0.2) is 8.42 Å². The number of anilines is 2. The van der Waals surface area contributed by atoms with Crippen molar-refractivity contribution in [3.8, 4) is 0 Å². The lowest BCUT2D eigenvalue weighted by atomic mass is 10.0. The second kappa shape index (κ2) is 6.28. The third kappa shape index (κ3) is 3.94. The SMILES string of the molecule is Cc1ccccc1C1CC1C(=O)Nc1cccc(NS(C)(=O)=O)c1. The Labute approximate surface area is 142 Å². The zero-order valence-electron chi connectivity index (χ0n) is 13.6. The number of benzene rings is 2. The van der Waals surface area contributed by atoms with Crippen LogP contribution in [0.2, 0.25) is 0 Å². The van der Waals surface area contributed by atoms with Crippen molar-refractivity contribution < 1.29 is 13.2 Å². The normalized spacial score (nSPS) is 19.6. The van der Waals surface area contributed by atoms with Crippen molar-refractivity contribution in [3.63, 3.8) is 0 Å². The van der Waals surface area contributed by atoms with E-state index < -0.39 is 10.0 Å². The number of aryl methyl sites for hydroxylation is 1. The molecule has 0 aromatic heterocycles. The van der Waals surface area contributed by atoms with Crippen LogP contribution < -0.4 is 10.0 Å². The summed E-state index contributed by atoms with van der Waals surface area (Å²) in [5.74, 6) is 0.209. The third-order valence-corrected chi connectivity index (χ3v) is 4.75. The molecule has 2 N–H and O–H groups in total. The third-order valence-electron chi connectivity index (χ3n) is 4.15. The second-order valence-corrected chi connectivity index (χ2v) is 8.00. The molecule has 6 heteroatoms. The van der Waals surface area contributed by atoms with E-state index in [1.54, 1.807) is 24.3 Å². The van der Waals surface area contributed by atoms with Crippen molar-refractivity contribution in [1.29, 1.82) is 0 Å². The lowest BCUT2D eigenvalue weighted by molar-refractivity contribution is -0.117. The average molecular weight is 344 g/mol. The maximum Gasteiger partial charge on any atom is 0.229 e. The second-order valence-electron chi connectivity index (χ2n) is 6.25. The van der Waals surface area contributed by atoms with E-state index in [4.69, 9.17) is 0 Å². The molecule has 126 valence electrons. The molecule has 2 unspecified atom stereocenters. The molecule has 0 heterocycles. The Balaban J connectivity index is 1.66. The van der Waals surface area contributed by atoms with Crippen molar-refractivity contribution in [2.75, 3.05) is 16.3 Å². The van der Waals surface area contributed by atoms with Gasteiger partial charge in [0.1, 0.15) is 0 Å². The molecule has 24 heavy (non-hydrogen) atoms. The molecule has 2 aromatic carbocycles. The van der Waals surface area contributed by atoms with Crippen LogP contribution in [0.5, 0.6) is 0 Å². The fraction of sp³-hybridized carbons (Fsp3) is 0.278. The summed E-state index contributed by atoms with van der Waals surface area (Å²) >= 11 is 0. The summed E-state index contributed by atoms with van der Waals surface area (Å²) < 4.78 is 25.0. The van der Waals surface area contributed by atoms with Crippen molar-refractivity contribution >= 4 is 27.3 Å². The van der Waals surface area contributed by atoms with Crippen molar-refractivity contribution in [1.82, 2.24) is 0 Å². The zero-order valence-corrected chi connectivity index (χ0v) is 14.4. The number of hydrogen-bond donors (Lipinski definition) is 2. The topological polar surface area (TPSA) is 75.3 Å². The van der Waals surface area contributed by atoms with Gasteiger partial charge in [-0.15, -0.1) is 0 Å². The molecule has 1 aliphatic rings. The molecular formula is C18H20N2O3S. The van der Waals surface area contributed by atoms with Gasteiger partial charge in [0.2, 0.25) is 15.9 Å². The smallest absolute Gasteiger partial charge is 0.229 e. The molecule has 2 atom stereocenters. The Hall–Kier alpha value is -2.34. The van der Waals surface area contributed by atoms with Gasteiger partial charge in [-0.05, 0) is 48.6 Å². The summed E-state index contributed by atoms with van der Waals surface area (Å²) in [5, 5.41) is 2.88. The molecule has 0 saturated heterocycles. The minimum absolute atomic E-state index is 0.0280. The van der Waals surface area contributed by atoms with Crippen molar-refractivity contribution in [2.24, 2.45) is 5.92 Å². The molecular weight excluding hydrogens is 324 g/mol. The van der Waals surface area contributed by atoms with Crippen LogP contribution in [0.25, 0.3) is 0 Å². The molecule has 2 aromatic rings. The molecule has 0 radical (unpaired) electrons. The number of carbonyl (C=O) groups excluding carboxylic acids is 1. The van der Waals surface area contributed by atoms with E-state index in [-0.39, 0.29) is 17.7 Å². The fourth-order valence-corrected chi connectivity index (χ4v) is 3.50. The highest BCUT2D eigenvalue weighted by Crippen LogP contribution is 2.48. The van der Waals surface area contributed by atoms with E-state index in [0.29, 0.717) is 11.4 Å². The minimum atomic E-state index is -3.34. The Morgan fingerprint density at radius 1 is 1.08 bits per heavy atom. The minimum Gasteiger partial charge on any atom is -0.326 e. The summed E-state index contributed by atoms with van der Waals surface area (Å²) in [4.78, 5) is 12.4. The van der Waals surface area contributed by atoms with E-state index in [0.717, 1.165) is 12.7 Å². The number of amides is 1. The molecule has 3 rings (SSSR count). The first-order valence-corrected chi connectivity index (χ1v) is 9.67. The number of rotatable bonds is 5. The number of nitrogens with one attached hydrogen (secondary N) is 2. The van der Waals surface area contributed by atoms with Crippen LogP contribution in [0.4, 0.5) is 11.4 Å². The van der Waals surface area contributed by atoms with Gasteiger partial charge < -0.3 is 5.32 Å². The first-order chi connectivity index (χ1) is 11.3. The van der Waals surface area contributed by atoms with E-state index in [9.17, 15) is 13.2 Å². The number of hydrogen-bond acceptors (Lipinski definition) is 3. The van der Waals surface area contributed by atoms with Gasteiger partial charge in [0.15, 0.2) is 0 Å². The lowest BCUT2D eigenvalue weighted by Gasteiger charge is -2.09. The maximum absolute atomic E-state index is 12.4. The highest BCUT2D eigenvalue weighted by molar-refractivity contribution is 7.92. The van der Waals surface area contributed by atoms with Gasteiger partial charge >= 0.3 is 0 Å². The average Bonchev–Trinajstić information content (AvgIpc) is 3.26. The van der Waals surface area contributed by atoms with E-state index in [2.05, 4.69) is 29.1 Å². The van der Waals surface area contributed by atoms with Crippen LogP contribution in [0, 0.1) is 12.8 Å². The summed E-state index contributed by atoms with van der Waals surface area (Å²) in [5.41, 5.74) is 3.45. The van der Waals surface area contributed by atoms with Gasteiger partial charge in [-0.3, -0.25) is 9.52 Å². The fourth-order valence-electron chi connectivity index (χ4n) is 2.94. The predicted molar refractivity (Wildman–Crippen MR) is 95.6 cm³/mol. The zero-order chi connectivity index (χ0) is 17.3. The predicted octanol–water partition coefficient (Wildman–Crippen LogP) is 3.11. The standard InChI is InChI=1S/C18H20N2O3S/c1-12-6-3-4-9-15(12)16-11-17(16)18(21)19-13-7-5-8-14(10-13)20-24(2,22)23/h3-10,16-17,20H,11H2,1-2H3,(H,19,21). The summed E-state index contributed by atoms with van der Waals surface area (Å²) in [6.07, 6.45) is 1.94. The Morgan fingerprint density at radius 2 is 1.79 bits per heavy atom. The summed E-state index contributed by atoms with van der Waals surface area (Å²) in [6.45, 7) is 2.06. The quantitative estimate of drug-likeness (QED) is 0.875. The van der Waals surface area contributed by atoms with E-state index >= 15 is 0 Å². The highest BCUT2D eigenvalue weighted by Gasteiger charge is 2.44. The van der Waals surface area contributed by atoms with Crippen LogP contribution in [0.15, 0.2) is 48.5 Å². The Morgan fingerprint density at radius 3 is 2.50 bits per heavy atom. The molecule has 0 aliphatic heterocycles. The van der Waals surface area contributed by atoms with Crippen LogP contribution in [0.3, 0.4) is 0 Å². The van der Waals surface area contributed by atoms with Gasteiger partial charge in [0.05, 0.1) is 11.9 Å². The van der Waals surface area contributed by atoms with Gasteiger partial charge in [0, 0.05) is 11.6 Å². The molecule has 1 fully saturated rings. The Kier molecular flexibility index (Phi) is 4.32. The van der Waals surface area contributed by atoms with E-state index in [1.807, 2.05) is 12.1 Å². The number of carbonyl (C=O) groups is 1. The van der Waals surface area contributed by atoms with Gasteiger partial charge in [0.25, 0.3) is 0 Å². The molecule has 1 amide bonds. The van der Waals surface area contributed by atoms with Crippen LogP contribution in [0.1, 0.15) is 23.5 Å². The van der Waals surface area contributed by atoms with Crippen LogP contribution >= 0.6 is 0 Å². The van der Waals surface area contributed by atoms with Crippen LogP contribution in [-0.4, -0.2) is 20.6 Å².